The van der Waals surface area contributed by atoms with Gasteiger partial charge in [0.2, 0.25) is 0 Å². The first kappa shape index (κ1) is 26.8. The molecule has 4 N–H and O–H groups in total. The zero-order chi connectivity index (χ0) is 16.6. The number of hydrogen-bond donors (Lipinski definition) is 2. The minimum Gasteiger partial charge on any atom is -1.00 e. The second-order valence-corrected chi connectivity index (χ2v) is 6.05. The van der Waals surface area contributed by atoms with Crippen molar-refractivity contribution in [1.29, 1.82) is 0 Å². The predicted molar refractivity (Wildman–Crippen MR) is 93.1 cm³/mol. The van der Waals surface area contributed by atoms with E-state index in [4.69, 9.17) is 4.79 Å². The summed E-state index contributed by atoms with van der Waals surface area (Å²) in [7, 11) is 0. The highest BCUT2D eigenvalue weighted by molar-refractivity contribution is 5.69. The van der Waals surface area contributed by atoms with Gasteiger partial charge in [-0.2, -0.15) is 0 Å². The molecule has 0 saturated heterocycles. The highest BCUT2D eigenvalue weighted by atomic mass is 127. The van der Waals surface area contributed by atoms with Crippen molar-refractivity contribution in [2.45, 2.75) is 79.1 Å². The van der Waals surface area contributed by atoms with Gasteiger partial charge in [-0.25, -0.2) is 4.79 Å². The Labute approximate surface area is 156 Å². The number of carbonyl (C=O) groups is 1. The molecule has 0 bridgehead atoms. The van der Waals surface area contributed by atoms with Crippen LogP contribution in [0.5, 0.6) is 0 Å². The van der Waals surface area contributed by atoms with Crippen molar-refractivity contribution in [3.63, 3.8) is 0 Å². The molecule has 0 radical (unpaired) electrons. The summed E-state index contributed by atoms with van der Waals surface area (Å²) in [6, 6.07) is -0.833. The van der Waals surface area contributed by atoms with Gasteiger partial charge in [0.05, 0.1) is 26.2 Å². The molecule has 0 unspecified atom stereocenters. The SMILES string of the molecule is CCCC[N+](CCCC)(CCCC)CCCC.NC(N)=O.[I-]. The Bertz CT molecular complexity index is 196. The monoisotopic (exact) mass is 429 g/mol. The molecular weight excluding hydrogens is 389 g/mol. The molecule has 0 aromatic heterocycles. The van der Waals surface area contributed by atoms with Crippen LogP contribution >= 0.6 is 0 Å². The Morgan fingerprint density at radius 1 is 0.682 bits per heavy atom. The fraction of sp³-hybridized carbons (Fsp3) is 0.941. The van der Waals surface area contributed by atoms with Crippen LogP contribution in [0.4, 0.5) is 4.79 Å². The Morgan fingerprint density at radius 2 is 0.864 bits per heavy atom. The first-order valence-corrected chi connectivity index (χ1v) is 8.87. The quantitative estimate of drug-likeness (QED) is 0.353. The minimum absolute atomic E-state index is 0. The number of nitrogens with zero attached hydrogens (tertiary/aromatic N) is 1. The molecule has 0 atom stereocenters. The predicted octanol–water partition coefficient (Wildman–Crippen LogP) is 1.03. The van der Waals surface area contributed by atoms with Gasteiger partial charge in [0.15, 0.2) is 0 Å². The van der Waals surface area contributed by atoms with Crippen LogP contribution in [0.15, 0.2) is 0 Å². The summed E-state index contributed by atoms with van der Waals surface area (Å²) in [5, 5.41) is 0. The molecule has 0 aliphatic rings. The number of nitrogens with two attached hydrogens (primary N) is 2. The van der Waals surface area contributed by atoms with Crippen molar-refractivity contribution < 1.29 is 33.3 Å². The second kappa shape index (κ2) is 19.0. The second-order valence-electron chi connectivity index (χ2n) is 6.05. The largest absolute Gasteiger partial charge is 1.00 e. The summed E-state index contributed by atoms with van der Waals surface area (Å²) in [5.41, 5.74) is 8.50. The van der Waals surface area contributed by atoms with Gasteiger partial charge in [0.1, 0.15) is 0 Å². The maximum atomic E-state index is 9.00. The lowest BCUT2D eigenvalue weighted by molar-refractivity contribution is -0.929. The molecule has 0 aromatic rings. The summed E-state index contributed by atoms with van der Waals surface area (Å²) in [5.74, 6) is 0. The van der Waals surface area contributed by atoms with E-state index in [0.29, 0.717) is 0 Å². The Balaban J connectivity index is -0.000000640. The van der Waals surface area contributed by atoms with Crippen molar-refractivity contribution in [2.75, 3.05) is 26.2 Å². The van der Waals surface area contributed by atoms with E-state index in [1.165, 1.54) is 82.0 Å². The van der Waals surface area contributed by atoms with E-state index in [-0.39, 0.29) is 24.0 Å². The lowest BCUT2D eigenvalue weighted by Crippen LogP contribution is -3.00. The highest BCUT2D eigenvalue weighted by Crippen LogP contribution is 2.16. The normalized spacial score (nSPS) is 10.4. The molecule has 0 saturated carbocycles. The summed E-state index contributed by atoms with van der Waals surface area (Å²) in [4.78, 5) is 9.00. The number of quaternary nitrogens is 1. The van der Waals surface area contributed by atoms with E-state index >= 15 is 0 Å². The van der Waals surface area contributed by atoms with E-state index in [1.54, 1.807) is 0 Å². The van der Waals surface area contributed by atoms with Crippen LogP contribution in [0.2, 0.25) is 0 Å². The van der Waals surface area contributed by atoms with E-state index in [9.17, 15) is 0 Å². The van der Waals surface area contributed by atoms with Crippen molar-refractivity contribution >= 4 is 6.03 Å². The Kier molecular flexibility index (Phi) is 23.2. The maximum absolute atomic E-state index is 9.00. The number of rotatable bonds is 12. The Morgan fingerprint density at radius 3 is 1.00 bits per heavy atom. The summed E-state index contributed by atoms with van der Waals surface area (Å²) in [6.07, 6.45) is 11.1. The van der Waals surface area contributed by atoms with Crippen molar-refractivity contribution in [3.8, 4) is 0 Å². The van der Waals surface area contributed by atoms with Gasteiger partial charge in [-0.3, -0.25) is 0 Å². The summed E-state index contributed by atoms with van der Waals surface area (Å²) < 4.78 is 1.42. The fourth-order valence-electron chi connectivity index (χ4n) is 2.64. The molecule has 5 heteroatoms. The molecule has 2 amide bonds. The van der Waals surface area contributed by atoms with Gasteiger partial charge in [-0.05, 0) is 25.7 Å². The maximum Gasteiger partial charge on any atom is 0.309 e. The van der Waals surface area contributed by atoms with Crippen molar-refractivity contribution in [2.24, 2.45) is 11.5 Å². The molecule has 0 heterocycles. The standard InChI is InChI=1S/C16H36N.CH4N2O.HI/c1-5-9-13-17(14-10-6-2,15-11-7-3)16-12-8-4;2-1(3)4;/h5-16H2,1-4H3;(H4,2,3,4);1H/q+1;;/p-1. The lowest BCUT2D eigenvalue weighted by Gasteiger charge is -2.39. The lowest BCUT2D eigenvalue weighted by atomic mass is 10.1. The van der Waals surface area contributed by atoms with Gasteiger partial charge in [0.25, 0.3) is 0 Å². The van der Waals surface area contributed by atoms with Crippen LogP contribution in [0, 0.1) is 0 Å². The minimum atomic E-state index is -0.833. The number of carbonyl (C=O) groups excluding carboxylic acids is 1. The third kappa shape index (κ3) is 18.0. The van der Waals surface area contributed by atoms with Crippen molar-refractivity contribution in [3.05, 3.63) is 0 Å². The molecule has 0 fully saturated rings. The van der Waals surface area contributed by atoms with Crippen LogP contribution in [0.25, 0.3) is 0 Å². The van der Waals surface area contributed by atoms with Crippen LogP contribution in [0.3, 0.4) is 0 Å². The number of unbranched alkanes of at least 4 members (excludes halogenated alkanes) is 4. The van der Waals surface area contributed by atoms with Gasteiger partial charge in [-0.15, -0.1) is 0 Å². The average Bonchev–Trinajstić information content (AvgIpc) is 2.45. The third-order valence-electron chi connectivity index (χ3n) is 3.94. The van der Waals surface area contributed by atoms with E-state index in [2.05, 4.69) is 39.2 Å². The van der Waals surface area contributed by atoms with Crippen LogP contribution in [0.1, 0.15) is 79.1 Å². The first-order valence-electron chi connectivity index (χ1n) is 8.87. The molecule has 136 valence electrons. The topological polar surface area (TPSA) is 69.1 Å². The van der Waals surface area contributed by atoms with Crippen molar-refractivity contribution in [1.82, 2.24) is 0 Å². The van der Waals surface area contributed by atoms with Crippen LogP contribution in [-0.4, -0.2) is 36.7 Å². The van der Waals surface area contributed by atoms with Gasteiger partial charge in [0, 0.05) is 0 Å². The van der Waals surface area contributed by atoms with Gasteiger partial charge in [-0.1, -0.05) is 53.4 Å². The zero-order valence-corrected chi connectivity index (χ0v) is 17.5. The average molecular weight is 429 g/mol. The molecule has 0 aromatic carbocycles. The molecule has 0 aliphatic carbocycles. The number of amides is 2. The highest BCUT2D eigenvalue weighted by Gasteiger charge is 2.24. The summed E-state index contributed by atoms with van der Waals surface area (Å²) in [6.45, 7) is 15.0. The van der Waals surface area contributed by atoms with E-state index < -0.39 is 6.03 Å². The van der Waals surface area contributed by atoms with Crippen LogP contribution < -0.4 is 35.4 Å². The third-order valence-corrected chi connectivity index (χ3v) is 3.94. The number of hydrogen-bond acceptors (Lipinski definition) is 1. The smallest absolute Gasteiger partial charge is 0.309 e. The number of urea groups is 1. The fourth-order valence-corrected chi connectivity index (χ4v) is 2.64. The van der Waals surface area contributed by atoms with E-state index in [0.717, 1.165) is 0 Å². The van der Waals surface area contributed by atoms with Gasteiger partial charge >= 0.3 is 6.03 Å². The molecule has 4 nitrogen and oxygen atoms in total. The van der Waals surface area contributed by atoms with Crippen LogP contribution in [-0.2, 0) is 0 Å². The van der Waals surface area contributed by atoms with E-state index in [1.807, 2.05) is 0 Å². The molecule has 0 spiro atoms. The Hall–Kier alpha value is -0.0400. The number of halogens is 1. The summed E-state index contributed by atoms with van der Waals surface area (Å²) >= 11 is 0. The molecule has 0 aliphatic heterocycles. The molecular formula is C17H40IN3O. The zero-order valence-electron chi connectivity index (χ0n) is 15.4. The number of primary amides is 2. The molecule has 22 heavy (non-hydrogen) atoms. The molecule has 0 rings (SSSR count). The van der Waals surface area contributed by atoms with Gasteiger partial charge < -0.3 is 39.9 Å². The first-order chi connectivity index (χ1) is 9.97.